The average Bonchev–Trinajstić information content (AvgIpc) is 3.02. The van der Waals surface area contributed by atoms with Gasteiger partial charge < -0.3 is 29.9 Å². The van der Waals surface area contributed by atoms with Crippen LogP contribution in [0.5, 0.6) is 11.5 Å². The number of carbonyl (C=O) groups excluding carboxylic acids is 2. The molecule has 0 aromatic heterocycles. The number of aromatic carboxylic acids is 2. The third kappa shape index (κ3) is 6.93. The molecule has 0 heterocycles. The maximum absolute atomic E-state index is 14.9. The fraction of sp³-hybridized carbons (Fsp3) is 0.152. The Hall–Kier alpha value is -5.85. The van der Waals surface area contributed by atoms with E-state index in [9.17, 15) is 52.8 Å². The molecule has 0 fully saturated rings. The van der Waals surface area contributed by atoms with Crippen LogP contribution >= 0.6 is 0 Å². The van der Waals surface area contributed by atoms with Gasteiger partial charge in [-0.25, -0.2) is 19.2 Å². The normalized spacial score (nSPS) is 12.5. The number of hydrogen-bond acceptors (Lipinski definition) is 8. The molecule has 0 saturated heterocycles. The zero-order chi connectivity index (χ0) is 33.8. The van der Waals surface area contributed by atoms with Crippen molar-refractivity contribution in [2.75, 3.05) is 0 Å². The van der Waals surface area contributed by atoms with Crippen LogP contribution in [0, 0.1) is 0 Å². The molecule has 0 aliphatic rings. The van der Waals surface area contributed by atoms with Gasteiger partial charge in [0.25, 0.3) is 0 Å². The van der Waals surface area contributed by atoms with E-state index in [4.69, 9.17) is 9.47 Å². The molecule has 4 aromatic rings. The van der Waals surface area contributed by atoms with Crippen LogP contribution in [0.4, 0.5) is 13.2 Å². The number of phenols is 2. The Labute approximate surface area is 258 Å². The van der Waals surface area contributed by atoms with Crippen molar-refractivity contribution in [3.05, 3.63) is 129 Å². The van der Waals surface area contributed by atoms with Crippen LogP contribution in [-0.4, -0.2) is 50.5 Å². The molecule has 0 saturated carbocycles. The summed E-state index contributed by atoms with van der Waals surface area (Å²) in [4.78, 5) is 49.7. The third-order valence-corrected chi connectivity index (χ3v) is 7.27. The van der Waals surface area contributed by atoms with E-state index >= 15 is 0 Å². The second-order valence-corrected chi connectivity index (χ2v) is 10.2. The summed E-state index contributed by atoms with van der Waals surface area (Å²) < 4.78 is 55.0. The predicted molar refractivity (Wildman–Crippen MR) is 154 cm³/mol. The van der Waals surface area contributed by atoms with E-state index in [1.54, 1.807) is 0 Å². The fourth-order valence-electron chi connectivity index (χ4n) is 4.55. The van der Waals surface area contributed by atoms with E-state index in [2.05, 4.69) is 0 Å². The molecule has 0 bridgehead atoms. The molecule has 13 heteroatoms. The first-order valence-corrected chi connectivity index (χ1v) is 13.3. The highest BCUT2D eigenvalue weighted by Crippen LogP contribution is 2.47. The van der Waals surface area contributed by atoms with Crippen LogP contribution in [0.25, 0.3) is 0 Å². The summed E-state index contributed by atoms with van der Waals surface area (Å²) in [6, 6.07) is 15.9. The lowest BCUT2D eigenvalue weighted by Crippen LogP contribution is -2.41. The summed E-state index contributed by atoms with van der Waals surface area (Å²) in [5.41, 5.74) is -6.03. The topological polar surface area (TPSA) is 168 Å². The average molecular weight is 639 g/mol. The molecule has 4 rings (SSSR count). The lowest BCUT2D eigenvalue weighted by molar-refractivity contribution is -0.173. The molecule has 10 nitrogen and oxygen atoms in total. The largest absolute Gasteiger partial charge is 0.508 e. The number of hydrogen-bond donors (Lipinski definition) is 4. The van der Waals surface area contributed by atoms with E-state index < -0.39 is 68.8 Å². The molecule has 4 aromatic carbocycles. The SMILES string of the molecule is CC(c1ccc(C(=O)OCc2ccc(O)cc2)c(C(=O)O)c1)(c1ccc(C(=O)O)c(C(=O)OCc2ccc(O)cc2)c1)C(F)(F)F. The standard InChI is InChI=1S/C33H25F3O10/c1-32(33(34,35)36,20-7-13-25(26(14-20)29(41)42)30(43)45-16-18-2-8-22(37)9-3-18)21-6-12-24(28(39)40)27(15-21)31(44)46-17-19-4-10-23(38)11-5-19/h2-15,37-38H,16-17H2,1H3,(H,39,40)(H,41,42). The highest BCUT2D eigenvalue weighted by molar-refractivity contribution is 6.03. The van der Waals surface area contributed by atoms with Gasteiger partial charge in [0.05, 0.1) is 22.3 Å². The number of benzene rings is 4. The maximum atomic E-state index is 14.9. The van der Waals surface area contributed by atoms with E-state index in [1.165, 1.54) is 48.5 Å². The minimum atomic E-state index is -5.12. The molecular formula is C33H25F3O10. The van der Waals surface area contributed by atoms with Crippen LogP contribution in [0.2, 0.25) is 0 Å². The first-order chi connectivity index (χ1) is 21.6. The van der Waals surface area contributed by atoms with Gasteiger partial charge in [0.2, 0.25) is 0 Å². The summed E-state index contributed by atoms with van der Waals surface area (Å²) >= 11 is 0. The van der Waals surface area contributed by atoms with E-state index in [0.717, 1.165) is 37.3 Å². The van der Waals surface area contributed by atoms with Crippen LogP contribution in [-0.2, 0) is 28.1 Å². The molecule has 0 amide bonds. The van der Waals surface area contributed by atoms with Crippen molar-refractivity contribution in [3.63, 3.8) is 0 Å². The van der Waals surface area contributed by atoms with Crippen LogP contribution in [0.1, 0.15) is 70.6 Å². The van der Waals surface area contributed by atoms with Gasteiger partial charge in [0.15, 0.2) is 0 Å². The van der Waals surface area contributed by atoms with Gasteiger partial charge in [-0.1, -0.05) is 36.4 Å². The molecular weight excluding hydrogens is 613 g/mol. The van der Waals surface area contributed by atoms with E-state index in [0.29, 0.717) is 17.2 Å². The minimum Gasteiger partial charge on any atom is -0.508 e. The van der Waals surface area contributed by atoms with Gasteiger partial charge in [-0.15, -0.1) is 0 Å². The molecule has 238 valence electrons. The number of phenolic OH excluding ortho intramolecular Hbond substituents is 2. The summed E-state index contributed by atoms with van der Waals surface area (Å²) in [5, 5.41) is 38.3. The quantitative estimate of drug-likeness (QED) is 0.150. The maximum Gasteiger partial charge on any atom is 0.402 e. The van der Waals surface area contributed by atoms with E-state index in [-0.39, 0.29) is 24.7 Å². The Balaban J connectivity index is 1.72. The smallest absolute Gasteiger partial charge is 0.402 e. The third-order valence-electron chi connectivity index (χ3n) is 7.27. The Bertz CT molecular complexity index is 1800. The first kappa shape index (κ1) is 33.1. The highest BCUT2D eigenvalue weighted by Gasteiger charge is 2.54. The Morgan fingerprint density at radius 2 is 0.978 bits per heavy atom. The molecule has 0 radical (unpaired) electrons. The van der Waals surface area contributed by atoms with Crippen molar-refractivity contribution >= 4 is 23.9 Å². The van der Waals surface area contributed by atoms with Crippen LogP contribution < -0.4 is 0 Å². The van der Waals surface area contributed by atoms with Gasteiger partial charge in [-0.2, -0.15) is 13.2 Å². The number of rotatable bonds is 10. The molecule has 46 heavy (non-hydrogen) atoms. The van der Waals surface area contributed by atoms with E-state index in [1.807, 2.05) is 0 Å². The van der Waals surface area contributed by atoms with Gasteiger partial charge in [0.1, 0.15) is 30.1 Å². The molecule has 0 aliphatic carbocycles. The number of carboxylic acids is 2. The van der Waals surface area contributed by atoms with Crippen molar-refractivity contribution in [1.29, 1.82) is 0 Å². The fourth-order valence-corrected chi connectivity index (χ4v) is 4.55. The monoisotopic (exact) mass is 638 g/mol. The van der Waals surface area contributed by atoms with Crippen molar-refractivity contribution in [3.8, 4) is 11.5 Å². The zero-order valence-corrected chi connectivity index (χ0v) is 23.9. The molecule has 1 unspecified atom stereocenters. The van der Waals surface area contributed by atoms with Crippen LogP contribution in [0.3, 0.4) is 0 Å². The molecule has 0 aliphatic heterocycles. The first-order valence-electron chi connectivity index (χ1n) is 13.3. The number of carboxylic acid groups (broad SMARTS) is 2. The summed E-state index contributed by atoms with van der Waals surface area (Å²) in [7, 11) is 0. The highest BCUT2D eigenvalue weighted by atomic mass is 19.4. The molecule has 4 N–H and O–H groups in total. The van der Waals surface area contributed by atoms with Gasteiger partial charge in [0, 0.05) is 0 Å². The lowest BCUT2D eigenvalue weighted by Gasteiger charge is -2.34. The summed E-state index contributed by atoms with van der Waals surface area (Å²) in [6.45, 7) is 0.0189. The summed E-state index contributed by atoms with van der Waals surface area (Å²) in [5.74, 6) is -5.80. The van der Waals surface area contributed by atoms with Gasteiger partial charge in [-0.3, -0.25) is 0 Å². The van der Waals surface area contributed by atoms with Crippen LogP contribution in [0.15, 0.2) is 84.9 Å². The lowest BCUT2D eigenvalue weighted by atomic mass is 9.74. The predicted octanol–water partition coefficient (Wildman–Crippen LogP) is 6.08. The second kappa shape index (κ2) is 13.0. The number of carbonyl (C=O) groups is 4. The Morgan fingerprint density at radius 3 is 1.39 bits per heavy atom. The number of alkyl halides is 3. The minimum absolute atomic E-state index is 0.0396. The van der Waals surface area contributed by atoms with Crippen molar-refractivity contribution in [2.24, 2.45) is 0 Å². The van der Waals surface area contributed by atoms with Crippen molar-refractivity contribution in [1.82, 2.24) is 0 Å². The molecule has 1 atom stereocenters. The number of aromatic hydroxyl groups is 2. The Morgan fingerprint density at radius 1 is 0.587 bits per heavy atom. The Kier molecular flexibility index (Phi) is 9.36. The van der Waals surface area contributed by atoms with Gasteiger partial charge >= 0.3 is 30.1 Å². The van der Waals surface area contributed by atoms with Crippen molar-refractivity contribution in [2.45, 2.75) is 31.7 Å². The zero-order valence-electron chi connectivity index (χ0n) is 23.9. The molecule has 0 spiro atoms. The number of esters is 2. The van der Waals surface area contributed by atoms with Gasteiger partial charge in [-0.05, 0) is 77.7 Å². The second-order valence-electron chi connectivity index (χ2n) is 10.2. The number of halogens is 3. The van der Waals surface area contributed by atoms with Crippen molar-refractivity contribution < 1.29 is 62.2 Å². The number of ether oxygens (including phenoxy) is 2. The summed E-state index contributed by atoms with van der Waals surface area (Å²) in [6.07, 6.45) is -5.12.